The van der Waals surface area contributed by atoms with Gasteiger partial charge in [-0.3, -0.25) is 4.90 Å². The van der Waals surface area contributed by atoms with E-state index in [0.717, 1.165) is 18.9 Å². The Hall–Kier alpha value is -2.14. The summed E-state index contributed by atoms with van der Waals surface area (Å²) in [6, 6.07) is 19.6. The molecule has 1 saturated heterocycles. The summed E-state index contributed by atoms with van der Waals surface area (Å²) >= 11 is 3.63. The minimum absolute atomic E-state index is 0.765. The van der Waals surface area contributed by atoms with Crippen LogP contribution < -0.4 is 4.74 Å². The Balaban J connectivity index is 1.37. The minimum atomic E-state index is 0.765. The lowest BCUT2D eigenvalue weighted by Gasteiger charge is -2.26. The predicted molar refractivity (Wildman–Crippen MR) is 126 cm³/mol. The molecule has 5 rings (SSSR count). The molecule has 0 saturated carbocycles. The fourth-order valence-corrected chi connectivity index (χ4v) is 6.07. The zero-order chi connectivity index (χ0) is 19.5. The zero-order valence-corrected chi connectivity index (χ0v) is 18.1. The lowest BCUT2D eigenvalue weighted by Crippen LogP contribution is -2.33. The van der Waals surface area contributed by atoms with Gasteiger partial charge in [-0.15, -0.1) is 11.3 Å². The number of thiophene rings is 2. The van der Waals surface area contributed by atoms with Crippen LogP contribution in [-0.4, -0.2) is 31.1 Å². The largest absolute Gasteiger partial charge is 0.492 e. The highest BCUT2D eigenvalue weighted by atomic mass is 32.1. The molecule has 0 spiro atoms. The van der Waals surface area contributed by atoms with Gasteiger partial charge in [0.15, 0.2) is 0 Å². The quantitative estimate of drug-likeness (QED) is 0.329. The summed E-state index contributed by atoms with van der Waals surface area (Å²) in [5, 5.41) is 5.73. The van der Waals surface area contributed by atoms with Crippen molar-refractivity contribution in [1.29, 1.82) is 0 Å². The lowest BCUT2D eigenvalue weighted by atomic mass is 10.00. The third kappa shape index (κ3) is 4.11. The summed E-state index contributed by atoms with van der Waals surface area (Å²) in [4.78, 5) is 3.87. The van der Waals surface area contributed by atoms with Gasteiger partial charge in [0.2, 0.25) is 0 Å². The maximum absolute atomic E-state index is 6.03. The fourth-order valence-electron chi connectivity index (χ4n) is 4.12. The molecule has 2 aromatic carbocycles. The van der Waals surface area contributed by atoms with Crippen LogP contribution in [0.2, 0.25) is 0 Å². The molecular formula is C25H25NOS2. The van der Waals surface area contributed by atoms with Crippen LogP contribution in [0.4, 0.5) is 0 Å². The number of fused-ring (bicyclic) bond motifs is 1. The highest BCUT2D eigenvalue weighted by molar-refractivity contribution is 7.23. The Labute approximate surface area is 180 Å². The Kier molecular flexibility index (Phi) is 5.66. The van der Waals surface area contributed by atoms with E-state index in [1.807, 2.05) is 11.3 Å². The average molecular weight is 420 g/mol. The van der Waals surface area contributed by atoms with E-state index in [2.05, 4.69) is 70.3 Å². The van der Waals surface area contributed by atoms with Crippen molar-refractivity contribution < 1.29 is 4.74 Å². The molecular weight excluding hydrogens is 394 g/mol. The fraction of sp³-hybridized carbons (Fsp3) is 0.280. The zero-order valence-electron chi connectivity index (χ0n) is 16.5. The first-order chi connectivity index (χ1) is 14.4. The monoisotopic (exact) mass is 419 g/mol. The number of hydrogen-bond donors (Lipinski definition) is 0. The van der Waals surface area contributed by atoms with Gasteiger partial charge in [-0.2, -0.15) is 11.3 Å². The van der Waals surface area contributed by atoms with E-state index in [1.54, 1.807) is 11.3 Å². The van der Waals surface area contributed by atoms with E-state index in [-0.39, 0.29) is 0 Å². The summed E-state index contributed by atoms with van der Waals surface area (Å²) in [5.74, 6) is 0.961. The van der Waals surface area contributed by atoms with Crippen molar-refractivity contribution in [2.45, 2.75) is 19.3 Å². The first-order valence-electron chi connectivity index (χ1n) is 10.4. The normalized spacial score (nSPS) is 15.0. The van der Waals surface area contributed by atoms with Gasteiger partial charge < -0.3 is 4.74 Å². The first-order valence-corrected chi connectivity index (χ1v) is 12.1. The summed E-state index contributed by atoms with van der Waals surface area (Å²) in [6.07, 6.45) is 4.04. The number of likely N-dealkylation sites (tertiary alicyclic amines) is 1. The van der Waals surface area contributed by atoms with Gasteiger partial charge in [0.1, 0.15) is 12.4 Å². The molecule has 148 valence electrons. The van der Waals surface area contributed by atoms with Crippen LogP contribution in [0.25, 0.3) is 31.7 Å². The predicted octanol–water partition coefficient (Wildman–Crippen LogP) is 7.16. The molecule has 1 aliphatic heterocycles. The van der Waals surface area contributed by atoms with Crippen molar-refractivity contribution in [3.8, 4) is 27.3 Å². The second kappa shape index (κ2) is 8.70. The molecule has 3 heterocycles. The van der Waals surface area contributed by atoms with Crippen LogP contribution in [0.5, 0.6) is 5.75 Å². The smallest absolute Gasteiger partial charge is 0.119 e. The van der Waals surface area contributed by atoms with E-state index in [4.69, 9.17) is 4.74 Å². The third-order valence-electron chi connectivity index (χ3n) is 5.65. The van der Waals surface area contributed by atoms with Crippen molar-refractivity contribution in [2.24, 2.45) is 0 Å². The molecule has 0 radical (unpaired) electrons. The van der Waals surface area contributed by atoms with Gasteiger partial charge in [-0.05, 0) is 66.5 Å². The number of nitrogens with zero attached hydrogens (tertiary/aromatic N) is 1. The van der Waals surface area contributed by atoms with E-state index >= 15 is 0 Å². The molecule has 29 heavy (non-hydrogen) atoms. The molecule has 1 aliphatic rings. The SMILES string of the molecule is c1ccc2c(-c3ccc(OCCN4CCCCC4)cc3)c(-c3ccsc3)sc2c1. The number of benzene rings is 2. The molecule has 0 atom stereocenters. The third-order valence-corrected chi connectivity index (χ3v) is 7.55. The van der Waals surface area contributed by atoms with Crippen molar-refractivity contribution in [1.82, 2.24) is 4.90 Å². The molecule has 1 fully saturated rings. The van der Waals surface area contributed by atoms with Gasteiger partial charge >= 0.3 is 0 Å². The maximum Gasteiger partial charge on any atom is 0.119 e. The number of ether oxygens (including phenoxy) is 1. The van der Waals surface area contributed by atoms with E-state index in [9.17, 15) is 0 Å². The van der Waals surface area contributed by atoms with Gasteiger partial charge in [0.05, 0.1) is 0 Å². The second-order valence-corrected chi connectivity index (χ2v) is 9.42. The lowest BCUT2D eigenvalue weighted by molar-refractivity contribution is 0.183. The number of piperidine rings is 1. The van der Waals surface area contributed by atoms with Crippen molar-refractivity contribution in [3.05, 3.63) is 65.4 Å². The summed E-state index contributed by atoms with van der Waals surface area (Å²) < 4.78 is 7.37. The highest BCUT2D eigenvalue weighted by Gasteiger charge is 2.16. The Morgan fingerprint density at radius 2 is 1.69 bits per heavy atom. The second-order valence-electron chi connectivity index (χ2n) is 7.59. The first kappa shape index (κ1) is 18.9. The van der Waals surface area contributed by atoms with Crippen LogP contribution in [-0.2, 0) is 0 Å². The van der Waals surface area contributed by atoms with Gasteiger partial charge in [-0.25, -0.2) is 0 Å². The topological polar surface area (TPSA) is 12.5 Å². The van der Waals surface area contributed by atoms with Crippen molar-refractivity contribution >= 4 is 32.8 Å². The standard InChI is InChI=1S/C25H25NOS2/c1-4-13-26(14-5-1)15-16-27-21-10-8-19(9-11-21)24-22-6-2-3-7-23(22)29-25(24)20-12-17-28-18-20/h2-3,6-12,17-18H,1,4-5,13-16H2. The van der Waals surface area contributed by atoms with Crippen LogP contribution in [0.3, 0.4) is 0 Å². The highest BCUT2D eigenvalue weighted by Crippen LogP contribution is 2.45. The van der Waals surface area contributed by atoms with Crippen LogP contribution in [0.1, 0.15) is 19.3 Å². The molecule has 0 bridgehead atoms. The van der Waals surface area contributed by atoms with Crippen LogP contribution >= 0.6 is 22.7 Å². The molecule has 0 N–H and O–H groups in total. The Morgan fingerprint density at radius 3 is 2.48 bits per heavy atom. The van der Waals surface area contributed by atoms with Gasteiger partial charge in [0, 0.05) is 32.6 Å². The van der Waals surface area contributed by atoms with E-state index in [1.165, 1.54) is 64.0 Å². The summed E-state index contributed by atoms with van der Waals surface area (Å²) in [6.45, 7) is 4.23. The molecule has 2 aromatic heterocycles. The Bertz CT molecular complexity index is 1060. The molecule has 4 heteroatoms. The van der Waals surface area contributed by atoms with Gasteiger partial charge in [0.25, 0.3) is 0 Å². The van der Waals surface area contributed by atoms with Crippen LogP contribution in [0.15, 0.2) is 65.4 Å². The minimum Gasteiger partial charge on any atom is -0.492 e. The summed E-state index contributed by atoms with van der Waals surface area (Å²) in [7, 11) is 0. The van der Waals surface area contributed by atoms with Crippen molar-refractivity contribution in [2.75, 3.05) is 26.2 Å². The average Bonchev–Trinajstić information content (AvgIpc) is 3.43. The Morgan fingerprint density at radius 1 is 0.862 bits per heavy atom. The maximum atomic E-state index is 6.03. The van der Waals surface area contributed by atoms with Crippen LogP contribution in [0, 0.1) is 0 Å². The molecule has 0 amide bonds. The molecule has 4 aromatic rings. The molecule has 0 aliphatic carbocycles. The van der Waals surface area contributed by atoms with Crippen molar-refractivity contribution in [3.63, 3.8) is 0 Å². The molecule has 2 nitrogen and oxygen atoms in total. The summed E-state index contributed by atoms with van der Waals surface area (Å²) in [5.41, 5.74) is 3.91. The van der Waals surface area contributed by atoms with E-state index in [0.29, 0.717) is 0 Å². The van der Waals surface area contributed by atoms with Gasteiger partial charge in [-0.1, -0.05) is 36.8 Å². The molecule has 0 unspecified atom stereocenters. The number of hydrogen-bond acceptors (Lipinski definition) is 4. The van der Waals surface area contributed by atoms with E-state index < -0.39 is 0 Å². The number of rotatable bonds is 6.